The molecule has 2 amide bonds. The Labute approximate surface area is 199 Å². The molecule has 2 atom stereocenters. The SMILES string of the molecule is O=C(NC(CC1CC1)C(=O)N1CCC[C@@H](C(=O)O)C1)OCC1c2ccccc2-c2ccccc21. The van der Waals surface area contributed by atoms with Gasteiger partial charge in [-0.1, -0.05) is 61.4 Å². The van der Waals surface area contributed by atoms with Gasteiger partial charge in [0.25, 0.3) is 0 Å². The minimum atomic E-state index is -0.874. The van der Waals surface area contributed by atoms with Gasteiger partial charge in [0, 0.05) is 19.0 Å². The summed E-state index contributed by atoms with van der Waals surface area (Å²) in [5.41, 5.74) is 4.59. The lowest BCUT2D eigenvalue weighted by Crippen LogP contribution is -2.52. The number of aliphatic carboxylic acids is 1. The van der Waals surface area contributed by atoms with Crippen molar-refractivity contribution in [2.75, 3.05) is 19.7 Å². The minimum Gasteiger partial charge on any atom is -0.481 e. The number of carbonyl (C=O) groups excluding carboxylic acids is 2. The predicted molar refractivity (Wildman–Crippen MR) is 126 cm³/mol. The van der Waals surface area contributed by atoms with Gasteiger partial charge in [-0.3, -0.25) is 9.59 Å². The molecule has 0 bridgehead atoms. The van der Waals surface area contributed by atoms with Crippen LogP contribution < -0.4 is 5.32 Å². The van der Waals surface area contributed by atoms with E-state index in [1.54, 1.807) is 4.90 Å². The Bertz CT molecular complexity index is 1050. The topological polar surface area (TPSA) is 95.9 Å². The third-order valence-electron chi connectivity index (χ3n) is 7.28. The largest absolute Gasteiger partial charge is 0.481 e. The number of ether oxygens (including phenoxy) is 1. The first-order valence-electron chi connectivity index (χ1n) is 12.1. The highest BCUT2D eigenvalue weighted by molar-refractivity contribution is 5.86. The van der Waals surface area contributed by atoms with Crippen LogP contribution in [0.1, 0.15) is 49.1 Å². The summed E-state index contributed by atoms with van der Waals surface area (Å²) in [6, 6.07) is 15.6. The number of rotatable bonds is 7. The predicted octanol–water partition coefficient (Wildman–Crippen LogP) is 4.02. The molecule has 2 fully saturated rings. The molecule has 0 spiro atoms. The molecule has 1 saturated heterocycles. The first-order valence-corrected chi connectivity index (χ1v) is 12.1. The van der Waals surface area contributed by atoms with Crippen molar-refractivity contribution in [1.82, 2.24) is 10.2 Å². The van der Waals surface area contributed by atoms with Gasteiger partial charge in [0.05, 0.1) is 5.92 Å². The molecule has 1 unspecified atom stereocenters. The number of likely N-dealkylation sites (tertiary alicyclic amines) is 1. The fraction of sp³-hybridized carbons (Fsp3) is 0.444. The van der Waals surface area contributed by atoms with Crippen LogP contribution in [0, 0.1) is 11.8 Å². The number of carboxylic acids is 1. The van der Waals surface area contributed by atoms with Crippen LogP contribution in [-0.2, 0) is 14.3 Å². The summed E-state index contributed by atoms with van der Waals surface area (Å²) >= 11 is 0. The van der Waals surface area contributed by atoms with Crippen LogP contribution in [0.5, 0.6) is 0 Å². The van der Waals surface area contributed by atoms with E-state index in [0.29, 0.717) is 31.7 Å². The summed E-state index contributed by atoms with van der Waals surface area (Å²) in [4.78, 5) is 39.0. The van der Waals surface area contributed by atoms with Gasteiger partial charge in [-0.15, -0.1) is 0 Å². The number of nitrogens with zero attached hydrogens (tertiary/aromatic N) is 1. The maximum Gasteiger partial charge on any atom is 0.407 e. The molecule has 7 nitrogen and oxygen atoms in total. The maximum absolute atomic E-state index is 13.2. The van der Waals surface area contributed by atoms with Crippen LogP contribution in [0.4, 0.5) is 4.79 Å². The van der Waals surface area contributed by atoms with Crippen molar-refractivity contribution in [3.05, 3.63) is 59.7 Å². The standard InChI is InChI=1S/C27H30N2O5/c30-25(29-13-5-6-18(15-29)26(31)32)24(14-17-11-12-17)28-27(33)34-16-23-21-9-3-1-7-19(21)20-8-2-4-10-22(20)23/h1-4,7-10,17-18,23-24H,5-6,11-16H2,(H,28,33)(H,31,32)/t18-,24?/m1/s1. The van der Waals surface area contributed by atoms with Crippen molar-refractivity contribution < 1.29 is 24.2 Å². The summed E-state index contributed by atoms with van der Waals surface area (Å²) in [7, 11) is 0. The average Bonchev–Trinajstić information content (AvgIpc) is 3.62. The zero-order valence-electron chi connectivity index (χ0n) is 19.1. The van der Waals surface area contributed by atoms with Crippen LogP contribution in [0.25, 0.3) is 11.1 Å². The van der Waals surface area contributed by atoms with E-state index in [-0.39, 0.29) is 25.0 Å². The van der Waals surface area contributed by atoms with Crippen LogP contribution >= 0.6 is 0 Å². The van der Waals surface area contributed by atoms with Crippen LogP contribution in [0.15, 0.2) is 48.5 Å². The molecule has 178 valence electrons. The molecule has 2 aromatic rings. The zero-order chi connectivity index (χ0) is 23.7. The van der Waals surface area contributed by atoms with Crippen molar-refractivity contribution in [2.45, 2.75) is 44.1 Å². The fourth-order valence-corrected chi connectivity index (χ4v) is 5.29. The van der Waals surface area contributed by atoms with E-state index in [1.165, 1.54) is 0 Å². The molecule has 7 heteroatoms. The molecule has 5 rings (SSSR count). The van der Waals surface area contributed by atoms with E-state index in [2.05, 4.69) is 29.6 Å². The van der Waals surface area contributed by atoms with Gasteiger partial charge in [0.1, 0.15) is 12.6 Å². The van der Waals surface area contributed by atoms with Crippen LogP contribution in [0.2, 0.25) is 0 Å². The van der Waals surface area contributed by atoms with Crippen LogP contribution in [0.3, 0.4) is 0 Å². The van der Waals surface area contributed by atoms with Gasteiger partial charge in [-0.2, -0.15) is 0 Å². The summed E-state index contributed by atoms with van der Waals surface area (Å²) in [6.45, 7) is 0.910. The quantitative estimate of drug-likeness (QED) is 0.648. The molecular formula is C27H30N2O5. The second kappa shape index (κ2) is 9.49. The number of amides is 2. The zero-order valence-corrected chi connectivity index (χ0v) is 19.1. The molecule has 34 heavy (non-hydrogen) atoms. The Hall–Kier alpha value is -3.35. The van der Waals surface area contributed by atoms with Crippen LogP contribution in [-0.4, -0.2) is 53.7 Å². The number of hydrogen-bond acceptors (Lipinski definition) is 4. The third kappa shape index (κ3) is 4.65. The molecule has 2 aromatic carbocycles. The van der Waals surface area contributed by atoms with Gasteiger partial charge in [-0.25, -0.2) is 4.79 Å². The molecular weight excluding hydrogens is 432 g/mol. The highest BCUT2D eigenvalue weighted by Gasteiger charge is 2.36. The molecule has 1 heterocycles. The summed E-state index contributed by atoms with van der Waals surface area (Å²) < 4.78 is 5.65. The third-order valence-corrected chi connectivity index (χ3v) is 7.28. The second-order valence-corrected chi connectivity index (χ2v) is 9.66. The van der Waals surface area contributed by atoms with Crippen molar-refractivity contribution in [3.63, 3.8) is 0 Å². The Kier molecular flexibility index (Phi) is 6.26. The molecule has 2 aliphatic carbocycles. The monoisotopic (exact) mass is 462 g/mol. The Balaban J connectivity index is 1.24. The number of hydrogen-bond donors (Lipinski definition) is 2. The van der Waals surface area contributed by atoms with E-state index in [4.69, 9.17) is 4.74 Å². The summed E-state index contributed by atoms with van der Waals surface area (Å²) in [5.74, 6) is -1.25. The molecule has 0 aromatic heterocycles. The first kappa shape index (κ1) is 22.4. The molecule has 1 saturated carbocycles. The maximum atomic E-state index is 13.2. The molecule has 3 aliphatic rings. The first-order chi connectivity index (χ1) is 16.5. The highest BCUT2D eigenvalue weighted by atomic mass is 16.5. The molecule has 1 aliphatic heterocycles. The lowest BCUT2D eigenvalue weighted by molar-refractivity contribution is -0.146. The van der Waals surface area contributed by atoms with Gasteiger partial charge in [0.2, 0.25) is 5.91 Å². The van der Waals surface area contributed by atoms with E-state index in [1.807, 2.05) is 24.3 Å². The number of fused-ring (bicyclic) bond motifs is 3. The number of benzene rings is 2. The molecule has 0 radical (unpaired) electrons. The summed E-state index contributed by atoms with van der Waals surface area (Å²) in [5, 5.41) is 12.2. The van der Waals surface area contributed by atoms with Gasteiger partial charge >= 0.3 is 12.1 Å². The highest BCUT2D eigenvalue weighted by Crippen LogP contribution is 2.44. The lowest BCUT2D eigenvalue weighted by atomic mass is 9.97. The Morgan fingerprint density at radius 2 is 1.65 bits per heavy atom. The summed E-state index contributed by atoms with van der Waals surface area (Å²) in [6.07, 6.45) is 3.29. The Morgan fingerprint density at radius 1 is 1.00 bits per heavy atom. The normalized spacial score (nSPS) is 20.2. The van der Waals surface area contributed by atoms with Crippen molar-refractivity contribution in [1.29, 1.82) is 0 Å². The Morgan fingerprint density at radius 3 is 2.26 bits per heavy atom. The van der Waals surface area contributed by atoms with Crippen molar-refractivity contribution in [3.8, 4) is 11.1 Å². The van der Waals surface area contributed by atoms with E-state index in [9.17, 15) is 19.5 Å². The van der Waals surface area contributed by atoms with E-state index in [0.717, 1.165) is 35.1 Å². The number of carboxylic acid groups (broad SMARTS) is 1. The number of carbonyl (C=O) groups is 3. The van der Waals surface area contributed by atoms with Gasteiger partial charge < -0.3 is 20.1 Å². The van der Waals surface area contributed by atoms with E-state index >= 15 is 0 Å². The van der Waals surface area contributed by atoms with Gasteiger partial charge in [0.15, 0.2) is 0 Å². The van der Waals surface area contributed by atoms with Gasteiger partial charge in [-0.05, 0) is 47.4 Å². The van der Waals surface area contributed by atoms with Crippen molar-refractivity contribution >= 4 is 18.0 Å². The van der Waals surface area contributed by atoms with Crippen molar-refractivity contribution in [2.24, 2.45) is 11.8 Å². The smallest absolute Gasteiger partial charge is 0.407 e. The number of alkyl carbamates (subject to hydrolysis) is 1. The second-order valence-electron chi connectivity index (χ2n) is 9.66. The lowest BCUT2D eigenvalue weighted by Gasteiger charge is -2.33. The number of nitrogens with one attached hydrogen (secondary N) is 1. The number of piperidine rings is 1. The van der Waals surface area contributed by atoms with E-state index < -0.39 is 24.0 Å². The minimum absolute atomic E-state index is 0.0471. The fourth-order valence-electron chi connectivity index (χ4n) is 5.29. The molecule has 2 N–H and O–H groups in total. The average molecular weight is 463 g/mol.